The van der Waals surface area contributed by atoms with Crippen molar-refractivity contribution in [3.63, 3.8) is 0 Å². The normalized spacial score (nSPS) is 12.0. The van der Waals surface area contributed by atoms with Crippen LogP contribution in [0.1, 0.15) is 25.0 Å². The van der Waals surface area contributed by atoms with E-state index in [2.05, 4.69) is 5.32 Å². The molecule has 1 atom stereocenters. The van der Waals surface area contributed by atoms with Crippen LogP contribution < -0.4 is 14.8 Å². The third kappa shape index (κ3) is 6.40. The van der Waals surface area contributed by atoms with Gasteiger partial charge in [-0.2, -0.15) is 0 Å². The number of aliphatic hydroxyl groups excluding tert-OH is 1. The minimum Gasteiger partial charge on any atom is -0.490 e. The monoisotopic (exact) mass is 383 g/mol. The summed E-state index contributed by atoms with van der Waals surface area (Å²) in [6.45, 7) is 5.74. The maximum absolute atomic E-state index is 9.30. The van der Waals surface area contributed by atoms with Crippen molar-refractivity contribution >= 4 is 23.2 Å². The lowest BCUT2D eigenvalue weighted by Crippen LogP contribution is -2.23. The molecule has 0 aliphatic rings. The van der Waals surface area contributed by atoms with Gasteiger partial charge in [0.15, 0.2) is 11.5 Å². The highest BCUT2D eigenvalue weighted by molar-refractivity contribution is 6.35. The largest absolute Gasteiger partial charge is 0.490 e. The third-order valence-corrected chi connectivity index (χ3v) is 4.06. The molecule has 0 aromatic heterocycles. The summed E-state index contributed by atoms with van der Waals surface area (Å²) in [7, 11) is 0. The van der Waals surface area contributed by atoms with Gasteiger partial charge in [-0.1, -0.05) is 35.3 Å². The minimum absolute atomic E-state index is 0.329. The number of hydrogen-bond acceptors (Lipinski definition) is 4. The Balaban J connectivity index is 2.05. The fraction of sp³-hybridized carbons (Fsp3) is 0.368. The van der Waals surface area contributed by atoms with Crippen molar-refractivity contribution < 1.29 is 14.6 Å². The Bertz CT molecular complexity index is 692. The molecule has 0 fully saturated rings. The van der Waals surface area contributed by atoms with Crippen molar-refractivity contribution in [2.75, 3.05) is 13.2 Å². The van der Waals surface area contributed by atoms with Crippen LogP contribution in [-0.2, 0) is 13.2 Å². The van der Waals surface area contributed by atoms with Gasteiger partial charge in [-0.3, -0.25) is 0 Å². The van der Waals surface area contributed by atoms with Gasteiger partial charge in [0, 0.05) is 28.7 Å². The first-order valence-corrected chi connectivity index (χ1v) is 8.96. The molecule has 136 valence electrons. The molecule has 0 aliphatic heterocycles. The maximum Gasteiger partial charge on any atom is 0.161 e. The highest BCUT2D eigenvalue weighted by Gasteiger charge is 2.09. The van der Waals surface area contributed by atoms with Crippen molar-refractivity contribution in [2.24, 2.45) is 0 Å². The maximum atomic E-state index is 9.30. The predicted molar refractivity (Wildman–Crippen MR) is 102 cm³/mol. The molecule has 0 bridgehead atoms. The Hall–Kier alpha value is -1.46. The summed E-state index contributed by atoms with van der Waals surface area (Å²) in [5.74, 6) is 1.34. The van der Waals surface area contributed by atoms with Gasteiger partial charge in [0.1, 0.15) is 6.61 Å². The van der Waals surface area contributed by atoms with Crippen LogP contribution in [0.15, 0.2) is 36.4 Å². The van der Waals surface area contributed by atoms with Crippen LogP contribution in [0.25, 0.3) is 0 Å². The van der Waals surface area contributed by atoms with Gasteiger partial charge in [-0.15, -0.1) is 0 Å². The molecule has 2 aromatic carbocycles. The van der Waals surface area contributed by atoms with Crippen molar-refractivity contribution in [1.29, 1.82) is 0 Å². The molecule has 0 radical (unpaired) electrons. The number of aliphatic hydroxyl groups is 1. The highest BCUT2D eigenvalue weighted by atomic mass is 35.5. The number of rotatable bonds is 9. The zero-order valence-electron chi connectivity index (χ0n) is 14.4. The summed E-state index contributed by atoms with van der Waals surface area (Å²) in [4.78, 5) is 0. The summed E-state index contributed by atoms with van der Waals surface area (Å²) < 4.78 is 11.6. The quantitative estimate of drug-likeness (QED) is 0.671. The summed E-state index contributed by atoms with van der Waals surface area (Å²) in [5.41, 5.74) is 1.91. The van der Waals surface area contributed by atoms with Crippen LogP contribution in [0.4, 0.5) is 0 Å². The van der Waals surface area contributed by atoms with Gasteiger partial charge in [0.25, 0.3) is 0 Å². The van der Waals surface area contributed by atoms with Crippen LogP contribution in [0.5, 0.6) is 11.5 Å². The molecular formula is C19H23Cl2NO3. The molecule has 2 N–H and O–H groups in total. The fourth-order valence-electron chi connectivity index (χ4n) is 2.27. The van der Waals surface area contributed by atoms with E-state index in [1.54, 1.807) is 19.1 Å². The van der Waals surface area contributed by atoms with E-state index >= 15 is 0 Å². The highest BCUT2D eigenvalue weighted by Crippen LogP contribution is 2.30. The Morgan fingerprint density at radius 3 is 2.56 bits per heavy atom. The standard InChI is InChI=1S/C19H23Cl2NO3/c1-3-24-19-8-14(11-22-10-13(2)23)4-7-18(19)25-12-15-5-6-16(20)9-17(15)21/h4-9,13,22-23H,3,10-12H2,1-2H3/t13-/m1/s1. The fourth-order valence-corrected chi connectivity index (χ4v) is 2.73. The number of halogens is 2. The van der Waals surface area contributed by atoms with E-state index in [0.717, 1.165) is 11.1 Å². The van der Waals surface area contributed by atoms with E-state index in [9.17, 15) is 5.11 Å². The van der Waals surface area contributed by atoms with E-state index < -0.39 is 0 Å². The first-order valence-electron chi connectivity index (χ1n) is 8.20. The van der Waals surface area contributed by atoms with Gasteiger partial charge in [-0.25, -0.2) is 0 Å². The topological polar surface area (TPSA) is 50.7 Å². The van der Waals surface area contributed by atoms with Crippen molar-refractivity contribution in [3.8, 4) is 11.5 Å². The number of ether oxygens (including phenoxy) is 2. The lowest BCUT2D eigenvalue weighted by molar-refractivity contribution is 0.191. The molecular weight excluding hydrogens is 361 g/mol. The van der Waals surface area contributed by atoms with Crippen LogP contribution in [0, 0.1) is 0 Å². The zero-order chi connectivity index (χ0) is 18.2. The summed E-state index contributed by atoms with van der Waals surface area (Å²) in [6, 6.07) is 11.1. The van der Waals surface area contributed by atoms with E-state index in [4.69, 9.17) is 32.7 Å². The average Bonchev–Trinajstić information content (AvgIpc) is 2.55. The van der Waals surface area contributed by atoms with Gasteiger partial charge >= 0.3 is 0 Å². The van der Waals surface area contributed by atoms with Crippen LogP contribution in [0.2, 0.25) is 10.0 Å². The molecule has 6 heteroatoms. The summed E-state index contributed by atoms with van der Waals surface area (Å²) in [6.07, 6.45) is -0.377. The third-order valence-electron chi connectivity index (χ3n) is 3.48. The molecule has 25 heavy (non-hydrogen) atoms. The van der Waals surface area contributed by atoms with Gasteiger partial charge in [-0.05, 0) is 43.7 Å². The first-order chi connectivity index (χ1) is 12.0. The van der Waals surface area contributed by atoms with E-state index in [0.29, 0.717) is 47.8 Å². The van der Waals surface area contributed by atoms with Gasteiger partial charge in [0.05, 0.1) is 12.7 Å². The molecule has 0 heterocycles. The number of hydrogen-bond donors (Lipinski definition) is 2. The average molecular weight is 384 g/mol. The van der Waals surface area contributed by atoms with Crippen LogP contribution in [0.3, 0.4) is 0 Å². The van der Waals surface area contributed by atoms with E-state index in [-0.39, 0.29) is 6.10 Å². The predicted octanol–water partition coefficient (Wildman–Crippen LogP) is 4.44. The van der Waals surface area contributed by atoms with Crippen molar-refractivity contribution in [1.82, 2.24) is 5.32 Å². The smallest absolute Gasteiger partial charge is 0.161 e. The first kappa shape index (κ1) is 19.9. The summed E-state index contributed by atoms with van der Waals surface area (Å²) in [5, 5.41) is 13.7. The lowest BCUT2D eigenvalue weighted by Gasteiger charge is -2.15. The molecule has 2 rings (SSSR count). The molecule has 4 nitrogen and oxygen atoms in total. The van der Waals surface area contributed by atoms with E-state index in [1.807, 2.05) is 31.2 Å². The van der Waals surface area contributed by atoms with E-state index in [1.165, 1.54) is 0 Å². The molecule has 2 aromatic rings. The van der Waals surface area contributed by atoms with Crippen molar-refractivity contribution in [2.45, 2.75) is 33.1 Å². The lowest BCUT2D eigenvalue weighted by atomic mass is 10.2. The Kier molecular flexibility index (Phi) is 7.85. The molecule has 0 amide bonds. The Labute approximate surface area is 158 Å². The van der Waals surface area contributed by atoms with Crippen LogP contribution >= 0.6 is 23.2 Å². The second-order valence-electron chi connectivity index (χ2n) is 5.72. The molecule has 0 saturated heterocycles. The van der Waals surface area contributed by atoms with Crippen molar-refractivity contribution in [3.05, 3.63) is 57.6 Å². The number of benzene rings is 2. The summed E-state index contributed by atoms with van der Waals surface area (Å²) >= 11 is 12.1. The molecule has 0 saturated carbocycles. The van der Waals surface area contributed by atoms with Gasteiger partial charge < -0.3 is 19.9 Å². The Morgan fingerprint density at radius 2 is 1.88 bits per heavy atom. The van der Waals surface area contributed by atoms with Crippen LogP contribution in [-0.4, -0.2) is 24.4 Å². The number of nitrogens with one attached hydrogen (secondary N) is 1. The van der Waals surface area contributed by atoms with Gasteiger partial charge in [0.2, 0.25) is 0 Å². The molecule has 0 unspecified atom stereocenters. The second kappa shape index (κ2) is 9.88. The SMILES string of the molecule is CCOc1cc(CNC[C@@H](C)O)ccc1OCc1ccc(Cl)cc1Cl. The second-order valence-corrected chi connectivity index (χ2v) is 6.56. The Morgan fingerprint density at radius 1 is 1.08 bits per heavy atom. The molecule has 0 aliphatic carbocycles. The zero-order valence-corrected chi connectivity index (χ0v) is 15.9. The molecule has 0 spiro atoms. The minimum atomic E-state index is -0.377.